The molecular weight excluding hydrogens is 324 g/mol. The molecule has 1 amide bonds. The number of carbonyl (C=O) groups is 1. The van der Waals surface area contributed by atoms with Gasteiger partial charge in [-0.05, 0) is 5.92 Å². The van der Waals surface area contributed by atoms with E-state index in [1.165, 1.54) is 4.90 Å². The number of aliphatic imine (C=N–C) groups is 1. The molecule has 0 aromatic carbocycles. The molecule has 2 N–H and O–H groups in total. The van der Waals surface area contributed by atoms with Crippen LogP contribution in [0, 0.1) is 5.92 Å². The summed E-state index contributed by atoms with van der Waals surface area (Å²) in [5.41, 5.74) is 0. The van der Waals surface area contributed by atoms with Crippen LogP contribution >= 0.6 is 0 Å². The Hall–Kier alpha value is -1.38. The highest BCUT2D eigenvalue weighted by Gasteiger charge is 2.42. The molecule has 1 atom stereocenters. The monoisotopic (exact) mass is 356 g/mol. The minimum atomic E-state index is -0.478. The van der Waals surface area contributed by atoms with Gasteiger partial charge in [-0.25, -0.2) is 4.99 Å². The van der Waals surface area contributed by atoms with Crippen LogP contribution in [0.2, 0.25) is 0 Å². The third kappa shape index (κ3) is 6.45. The van der Waals surface area contributed by atoms with Gasteiger partial charge >= 0.3 is 0 Å². The third-order valence-corrected chi connectivity index (χ3v) is 4.21. The predicted octanol–water partition coefficient (Wildman–Crippen LogP) is 0.188. The van der Waals surface area contributed by atoms with Crippen LogP contribution in [0.3, 0.4) is 0 Å². The topological polar surface area (TPSA) is 84.4 Å². The van der Waals surface area contributed by atoms with Gasteiger partial charge in [0.05, 0.1) is 19.8 Å². The van der Waals surface area contributed by atoms with Gasteiger partial charge < -0.3 is 29.7 Å². The van der Waals surface area contributed by atoms with Crippen molar-refractivity contribution in [1.82, 2.24) is 15.5 Å². The van der Waals surface area contributed by atoms with Crippen LogP contribution < -0.4 is 10.6 Å². The van der Waals surface area contributed by atoms with Crippen LogP contribution in [-0.4, -0.2) is 82.2 Å². The largest absolute Gasteiger partial charge is 0.381 e. The van der Waals surface area contributed by atoms with Gasteiger partial charge in [-0.15, -0.1) is 0 Å². The van der Waals surface area contributed by atoms with E-state index < -0.39 is 5.79 Å². The van der Waals surface area contributed by atoms with E-state index in [1.807, 2.05) is 0 Å². The fourth-order valence-electron chi connectivity index (χ4n) is 2.64. The molecule has 0 radical (unpaired) electrons. The lowest BCUT2D eigenvalue weighted by molar-refractivity contribution is -0.210. The molecule has 0 saturated carbocycles. The third-order valence-electron chi connectivity index (χ3n) is 4.21. The zero-order valence-electron chi connectivity index (χ0n) is 15.8. The Morgan fingerprint density at radius 1 is 1.28 bits per heavy atom. The highest BCUT2D eigenvalue weighted by molar-refractivity contribution is 5.84. The maximum atomic E-state index is 11.8. The molecular formula is C17H32N4O4. The minimum Gasteiger partial charge on any atom is -0.381 e. The van der Waals surface area contributed by atoms with E-state index in [0.717, 1.165) is 19.4 Å². The van der Waals surface area contributed by atoms with Crippen LogP contribution in [0.15, 0.2) is 4.99 Å². The lowest BCUT2D eigenvalue weighted by Gasteiger charge is -2.31. The Kier molecular flexibility index (Phi) is 7.46. The van der Waals surface area contributed by atoms with Crippen LogP contribution in [0.25, 0.3) is 0 Å². The van der Waals surface area contributed by atoms with Crippen molar-refractivity contribution >= 4 is 11.9 Å². The van der Waals surface area contributed by atoms with E-state index in [-0.39, 0.29) is 18.6 Å². The molecule has 2 rings (SSSR count). The summed E-state index contributed by atoms with van der Waals surface area (Å²) in [4.78, 5) is 17.7. The summed E-state index contributed by atoms with van der Waals surface area (Å²) in [6.07, 6.45) is 1.51. The average Bonchev–Trinajstić information content (AvgIpc) is 2.96. The van der Waals surface area contributed by atoms with Gasteiger partial charge in [0.1, 0.15) is 12.6 Å². The number of rotatable bonds is 6. The Morgan fingerprint density at radius 3 is 2.64 bits per heavy atom. The number of nitrogens with zero attached hydrogens (tertiary/aromatic N) is 2. The minimum absolute atomic E-state index is 0.0336. The molecule has 25 heavy (non-hydrogen) atoms. The zero-order chi connectivity index (χ0) is 18.3. The molecule has 0 aromatic heterocycles. The molecule has 2 heterocycles. The van der Waals surface area contributed by atoms with Gasteiger partial charge in [-0.1, -0.05) is 13.8 Å². The number of carbonyl (C=O) groups excluding carboxylic acids is 1. The number of hydrogen-bond acceptors (Lipinski definition) is 5. The highest BCUT2D eigenvalue weighted by Crippen LogP contribution is 2.32. The van der Waals surface area contributed by atoms with Crippen LogP contribution in [0.1, 0.15) is 26.7 Å². The zero-order valence-corrected chi connectivity index (χ0v) is 15.8. The fourth-order valence-corrected chi connectivity index (χ4v) is 2.64. The van der Waals surface area contributed by atoms with Crippen molar-refractivity contribution < 1.29 is 19.0 Å². The van der Waals surface area contributed by atoms with E-state index in [4.69, 9.17) is 14.2 Å². The molecule has 0 aromatic rings. The number of nitrogens with one attached hydrogen (secondary N) is 2. The highest BCUT2D eigenvalue weighted by atomic mass is 16.7. The number of ether oxygens (including phenoxy) is 3. The van der Waals surface area contributed by atoms with Gasteiger partial charge in [0.2, 0.25) is 5.91 Å². The summed E-state index contributed by atoms with van der Waals surface area (Å²) in [6, 6.07) is 0. The summed E-state index contributed by atoms with van der Waals surface area (Å²) in [5, 5.41) is 6.53. The molecule has 1 unspecified atom stereocenters. The summed E-state index contributed by atoms with van der Waals surface area (Å²) < 4.78 is 17.4. The Balaban J connectivity index is 1.84. The van der Waals surface area contributed by atoms with E-state index in [0.29, 0.717) is 38.2 Å². The van der Waals surface area contributed by atoms with Crippen LogP contribution in [0.5, 0.6) is 0 Å². The van der Waals surface area contributed by atoms with E-state index in [2.05, 4.69) is 29.5 Å². The maximum Gasteiger partial charge on any atom is 0.243 e. The summed E-state index contributed by atoms with van der Waals surface area (Å²) in [7, 11) is 3.45. The normalized spacial score (nSPS) is 23.1. The van der Waals surface area contributed by atoms with E-state index >= 15 is 0 Å². The first-order valence-corrected chi connectivity index (χ1v) is 9.02. The molecule has 2 aliphatic heterocycles. The first kappa shape index (κ1) is 19.9. The van der Waals surface area contributed by atoms with Crippen molar-refractivity contribution in [2.45, 2.75) is 38.6 Å². The SMILES string of the molecule is CC(C)CNC(=NCC(=O)N(C)C)NCC1COC2(CCOCC2)O1. The second kappa shape index (κ2) is 9.35. The fraction of sp³-hybridized carbons (Fsp3) is 0.882. The number of guanidine groups is 1. The molecule has 144 valence electrons. The first-order chi connectivity index (χ1) is 11.9. The standard InChI is InChI=1S/C17H32N4O4/c1-13(2)9-18-16(20-11-15(22)21(3)4)19-10-14-12-24-17(25-14)5-7-23-8-6-17/h13-14H,5-12H2,1-4H3,(H2,18,19,20). The maximum absolute atomic E-state index is 11.8. The molecule has 2 saturated heterocycles. The number of hydrogen-bond donors (Lipinski definition) is 2. The molecule has 0 aliphatic carbocycles. The molecule has 0 bridgehead atoms. The Bertz CT molecular complexity index is 462. The first-order valence-electron chi connectivity index (χ1n) is 9.02. The number of likely N-dealkylation sites (N-methyl/N-ethyl adjacent to an activating group) is 1. The Morgan fingerprint density at radius 2 is 2.00 bits per heavy atom. The van der Waals surface area contributed by atoms with Gasteiger partial charge in [0, 0.05) is 40.0 Å². The summed E-state index contributed by atoms with van der Waals surface area (Å²) in [6.45, 7) is 7.64. The quantitative estimate of drug-likeness (QED) is 0.522. The van der Waals surface area contributed by atoms with Crippen molar-refractivity contribution in [3.8, 4) is 0 Å². The Labute approximate surface area is 150 Å². The molecule has 2 aliphatic rings. The lowest BCUT2D eigenvalue weighted by Crippen LogP contribution is -2.44. The second-order valence-electron chi connectivity index (χ2n) is 7.18. The smallest absolute Gasteiger partial charge is 0.243 e. The van der Waals surface area contributed by atoms with Gasteiger partial charge in [0.15, 0.2) is 11.7 Å². The van der Waals surface area contributed by atoms with Crippen LogP contribution in [-0.2, 0) is 19.0 Å². The molecule has 8 nitrogen and oxygen atoms in total. The van der Waals surface area contributed by atoms with Crippen molar-refractivity contribution in [3.63, 3.8) is 0 Å². The van der Waals surface area contributed by atoms with Crippen molar-refractivity contribution in [2.75, 3.05) is 53.6 Å². The van der Waals surface area contributed by atoms with E-state index in [1.54, 1.807) is 14.1 Å². The second-order valence-corrected chi connectivity index (χ2v) is 7.18. The lowest BCUT2D eigenvalue weighted by atomic mass is 10.1. The van der Waals surface area contributed by atoms with Crippen molar-refractivity contribution in [3.05, 3.63) is 0 Å². The van der Waals surface area contributed by atoms with Gasteiger partial charge in [0.25, 0.3) is 0 Å². The summed E-state index contributed by atoms with van der Waals surface area (Å²) in [5.74, 6) is 0.592. The van der Waals surface area contributed by atoms with Crippen LogP contribution in [0.4, 0.5) is 0 Å². The van der Waals surface area contributed by atoms with E-state index in [9.17, 15) is 4.79 Å². The average molecular weight is 356 g/mol. The number of amides is 1. The van der Waals surface area contributed by atoms with Crippen molar-refractivity contribution in [1.29, 1.82) is 0 Å². The van der Waals surface area contributed by atoms with Gasteiger partial charge in [-0.2, -0.15) is 0 Å². The molecule has 8 heteroatoms. The molecule has 1 spiro atoms. The predicted molar refractivity (Wildman–Crippen MR) is 95.4 cm³/mol. The molecule has 2 fully saturated rings. The summed E-state index contributed by atoms with van der Waals surface area (Å²) >= 11 is 0. The van der Waals surface area contributed by atoms with Crippen molar-refractivity contribution in [2.24, 2.45) is 10.9 Å². The van der Waals surface area contributed by atoms with Gasteiger partial charge in [-0.3, -0.25) is 4.79 Å².